The normalized spacial score (nSPS) is 12.2. The molecule has 1 amide bonds. The Morgan fingerprint density at radius 1 is 1.03 bits per heavy atom. The zero-order valence-corrected chi connectivity index (χ0v) is 19.0. The third kappa shape index (κ3) is 7.38. The summed E-state index contributed by atoms with van der Waals surface area (Å²) < 4.78 is 5.28. The summed E-state index contributed by atoms with van der Waals surface area (Å²) in [6.07, 6.45) is 9.98. The summed E-state index contributed by atoms with van der Waals surface area (Å²) in [7, 11) is 1.67. The molecule has 2 aromatic carbocycles. The van der Waals surface area contributed by atoms with Gasteiger partial charge in [0.2, 0.25) is 5.91 Å². The number of pyridine rings is 1. The van der Waals surface area contributed by atoms with Gasteiger partial charge in [0.25, 0.3) is 0 Å². The van der Waals surface area contributed by atoms with Crippen LogP contribution in [-0.4, -0.2) is 24.0 Å². The molecule has 1 heterocycles. The van der Waals surface area contributed by atoms with Crippen LogP contribution >= 0.6 is 0 Å². The number of aromatic nitrogens is 1. The molecule has 166 valence electrons. The number of hydrogen-bond donors (Lipinski definition) is 1. The van der Waals surface area contributed by atoms with Crippen molar-refractivity contribution >= 4 is 11.5 Å². The monoisotopic (exact) mass is 428 g/mol. The van der Waals surface area contributed by atoms with Crippen molar-refractivity contribution in [1.82, 2.24) is 10.3 Å². The second-order valence-electron chi connectivity index (χ2n) is 7.97. The van der Waals surface area contributed by atoms with Crippen LogP contribution in [0.15, 0.2) is 85.2 Å². The van der Waals surface area contributed by atoms with Gasteiger partial charge in [0.1, 0.15) is 5.75 Å². The molecule has 0 aliphatic rings. The summed E-state index contributed by atoms with van der Waals surface area (Å²) in [4.78, 5) is 16.6. The molecule has 0 aliphatic heterocycles. The number of ether oxygens (including phenoxy) is 1. The fraction of sp³-hybridized carbons (Fsp3) is 0.286. The van der Waals surface area contributed by atoms with Crippen molar-refractivity contribution in [2.24, 2.45) is 0 Å². The highest BCUT2D eigenvalue weighted by atomic mass is 16.5. The van der Waals surface area contributed by atoms with Crippen LogP contribution in [0.4, 0.5) is 0 Å². The van der Waals surface area contributed by atoms with Crippen LogP contribution in [0, 0.1) is 0 Å². The Balaban J connectivity index is 1.53. The van der Waals surface area contributed by atoms with Crippen LogP contribution in [0.3, 0.4) is 0 Å². The number of hydrogen-bond acceptors (Lipinski definition) is 3. The molecule has 0 aliphatic carbocycles. The Morgan fingerprint density at radius 3 is 2.47 bits per heavy atom. The van der Waals surface area contributed by atoms with Gasteiger partial charge >= 0.3 is 0 Å². The molecule has 0 unspecified atom stereocenters. The van der Waals surface area contributed by atoms with Gasteiger partial charge < -0.3 is 10.1 Å². The van der Waals surface area contributed by atoms with Crippen LogP contribution in [0.1, 0.15) is 49.3 Å². The van der Waals surface area contributed by atoms with E-state index < -0.39 is 0 Å². The first-order chi connectivity index (χ1) is 15.7. The third-order valence-electron chi connectivity index (χ3n) is 5.44. The molecule has 0 radical (unpaired) electrons. The lowest BCUT2D eigenvalue weighted by atomic mass is 9.96. The molecule has 32 heavy (non-hydrogen) atoms. The van der Waals surface area contributed by atoms with Gasteiger partial charge in [0.05, 0.1) is 7.11 Å². The Bertz CT molecular complexity index is 983. The number of rotatable bonds is 11. The van der Waals surface area contributed by atoms with Crippen LogP contribution in [0.5, 0.6) is 5.75 Å². The Kier molecular flexibility index (Phi) is 9.05. The van der Waals surface area contributed by atoms with E-state index in [4.69, 9.17) is 4.74 Å². The lowest BCUT2D eigenvalue weighted by molar-refractivity contribution is -0.121. The van der Waals surface area contributed by atoms with E-state index in [-0.39, 0.29) is 11.9 Å². The van der Waals surface area contributed by atoms with Crippen LogP contribution < -0.4 is 10.1 Å². The third-order valence-corrected chi connectivity index (χ3v) is 5.44. The molecule has 0 saturated heterocycles. The maximum absolute atomic E-state index is 12.5. The molecular weight excluding hydrogens is 396 g/mol. The number of carbonyl (C=O) groups excluding carboxylic acids is 1. The SMILES string of the molecule is COc1ccc(C(=CCCC(=O)N[C@H](C)CCCc2cccnc2)c2ccccc2)cc1. The van der Waals surface area contributed by atoms with Gasteiger partial charge in [-0.25, -0.2) is 0 Å². The molecule has 1 N–H and O–H groups in total. The number of aryl methyl sites for hydroxylation is 1. The number of carbonyl (C=O) groups is 1. The zero-order chi connectivity index (χ0) is 22.6. The maximum Gasteiger partial charge on any atom is 0.220 e. The number of allylic oxidation sites excluding steroid dienone is 1. The first kappa shape index (κ1) is 23.3. The minimum atomic E-state index is 0.0947. The Labute approximate surface area is 191 Å². The lowest BCUT2D eigenvalue weighted by Crippen LogP contribution is -2.32. The molecule has 1 atom stereocenters. The van der Waals surface area contributed by atoms with E-state index in [1.807, 2.05) is 42.6 Å². The Hall–Kier alpha value is -3.40. The van der Waals surface area contributed by atoms with Crippen molar-refractivity contribution in [3.8, 4) is 5.75 Å². The Morgan fingerprint density at radius 2 is 1.78 bits per heavy atom. The molecule has 4 heteroatoms. The van der Waals surface area contributed by atoms with Gasteiger partial charge in [-0.3, -0.25) is 9.78 Å². The van der Waals surface area contributed by atoms with E-state index >= 15 is 0 Å². The van der Waals surface area contributed by atoms with Crippen molar-refractivity contribution in [3.05, 3.63) is 102 Å². The second-order valence-corrected chi connectivity index (χ2v) is 7.97. The minimum Gasteiger partial charge on any atom is -0.497 e. The maximum atomic E-state index is 12.5. The standard InChI is InChI=1S/C28H32N2O2/c1-22(9-6-10-23-11-8-20-29-21-23)30-28(31)15-7-14-27(24-12-4-3-5-13-24)25-16-18-26(32-2)19-17-25/h3-5,8,11-14,16-22H,6-7,9-10,15H2,1-2H3,(H,30,31)/t22-/m1/s1. The zero-order valence-electron chi connectivity index (χ0n) is 19.0. The summed E-state index contributed by atoms with van der Waals surface area (Å²) >= 11 is 0. The van der Waals surface area contributed by atoms with Crippen LogP contribution in [-0.2, 0) is 11.2 Å². The highest BCUT2D eigenvalue weighted by molar-refractivity contribution is 5.81. The number of methoxy groups -OCH3 is 1. The molecule has 0 bridgehead atoms. The smallest absolute Gasteiger partial charge is 0.220 e. The van der Waals surface area contributed by atoms with Gasteiger partial charge in [-0.05, 0) is 73.1 Å². The predicted molar refractivity (Wildman–Crippen MR) is 131 cm³/mol. The highest BCUT2D eigenvalue weighted by Crippen LogP contribution is 2.26. The summed E-state index contributed by atoms with van der Waals surface area (Å²) in [5.41, 5.74) is 4.62. The second kappa shape index (κ2) is 12.5. The van der Waals surface area contributed by atoms with Gasteiger partial charge in [-0.2, -0.15) is 0 Å². The first-order valence-electron chi connectivity index (χ1n) is 11.2. The largest absolute Gasteiger partial charge is 0.497 e. The summed E-state index contributed by atoms with van der Waals surface area (Å²) in [6.45, 7) is 2.07. The molecule has 0 fully saturated rings. The number of nitrogens with one attached hydrogen (secondary N) is 1. The van der Waals surface area contributed by atoms with E-state index in [0.29, 0.717) is 12.8 Å². The van der Waals surface area contributed by atoms with Crippen LogP contribution in [0.25, 0.3) is 5.57 Å². The van der Waals surface area contributed by atoms with Gasteiger partial charge in [-0.15, -0.1) is 0 Å². The minimum absolute atomic E-state index is 0.0947. The summed E-state index contributed by atoms with van der Waals surface area (Å²) in [6, 6.07) is 22.5. The van der Waals surface area contributed by atoms with E-state index in [1.54, 1.807) is 13.3 Å². The number of benzene rings is 2. The lowest BCUT2D eigenvalue weighted by Gasteiger charge is -2.14. The molecule has 0 spiro atoms. The average Bonchev–Trinajstić information content (AvgIpc) is 2.83. The molecule has 4 nitrogen and oxygen atoms in total. The van der Waals surface area contributed by atoms with Crippen LogP contribution in [0.2, 0.25) is 0 Å². The van der Waals surface area contributed by atoms with E-state index in [1.165, 1.54) is 5.56 Å². The number of amides is 1. The summed E-state index contributed by atoms with van der Waals surface area (Å²) in [5.74, 6) is 0.926. The number of nitrogens with zero attached hydrogens (tertiary/aromatic N) is 1. The molecular formula is C28H32N2O2. The van der Waals surface area contributed by atoms with E-state index in [0.717, 1.165) is 41.7 Å². The molecule has 1 aromatic heterocycles. The fourth-order valence-electron chi connectivity index (χ4n) is 3.72. The van der Waals surface area contributed by atoms with Gasteiger partial charge in [0, 0.05) is 24.9 Å². The highest BCUT2D eigenvalue weighted by Gasteiger charge is 2.09. The van der Waals surface area contributed by atoms with Crippen molar-refractivity contribution in [2.45, 2.75) is 45.1 Å². The first-order valence-corrected chi connectivity index (χ1v) is 11.2. The molecule has 3 aromatic rings. The van der Waals surface area contributed by atoms with Crippen molar-refractivity contribution < 1.29 is 9.53 Å². The average molecular weight is 429 g/mol. The van der Waals surface area contributed by atoms with Crippen molar-refractivity contribution in [2.75, 3.05) is 7.11 Å². The van der Waals surface area contributed by atoms with Gasteiger partial charge in [-0.1, -0.05) is 54.6 Å². The van der Waals surface area contributed by atoms with Gasteiger partial charge in [0.15, 0.2) is 0 Å². The van der Waals surface area contributed by atoms with Crippen molar-refractivity contribution in [1.29, 1.82) is 0 Å². The van der Waals surface area contributed by atoms with E-state index in [9.17, 15) is 4.79 Å². The molecule has 0 saturated carbocycles. The summed E-state index contributed by atoms with van der Waals surface area (Å²) in [5, 5.41) is 3.13. The quantitative estimate of drug-likeness (QED) is 0.418. The van der Waals surface area contributed by atoms with E-state index in [2.05, 4.69) is 53.6 Å². The topological polar surface area (TPSA) is 51.2 Å². The molecule has 3 rings (SSSR count). The fourth-order valence-corrected chi connectivity index (χ4v) is 3.72. The van der Waals surface area contributed by atoms with Crippen molar-refractivity contribution in [3.63, 3.8) is 0 Å². The predicted octanol–water partition coefficient (Wildman–Crippen LogP) is 5.83.